The summed E-state index contributed by atoms with van der Waals surface area (Å²) in [5, 5.41) is 5.95. The quantitative estimate of drug-likeness (QED) is 0.485. The van der Waals surface area contributed by atoms with Gasteiger partial charge in [0.25, 0.3) is 0 Å². The largest absolute Gasteiger partial charge is 0.490 e. The Balaban J connectivity index is 1.37. The van der Waals surface area contributed by atoms with Crippen LogP contribution in [0, 0.1) is 5.82 Å². The van der Waals surface area contributed by atoms with E-state index in [1.54, 1.807) is 30.9 Å². The number of nitrogens with zero attached hydrogens (tertiary/aromatic N) is 1. The van der Waals surface area contributed by atoms with Crippen molar-refractivity contribution in [3.63, 3.8) is 0 Å². The van der Waals surface area contributed by atoms with Gasteiger partial charge < -0.3 is 20.3 Å². The van der Waals surface area contributed by atoms with E-state index in [0.717, 1.165) is 37.0 Å². The number of benzene rings is 2. The Kier molecular flexibility index (Phi) is 7.01. The average molecular weight is 548 g/mol. The molecule has 3 aliphatic rings. The smallest absolute Gasteiger partial charge is 0.416 e. The molecule has 39 heavy (non-hydrogen) atoms. The molecule has 10 heteroatoms. The van der Waals surface area contributed by atoms with E-state index < -0.39 is 28.5 Å². The summed E-state index contributed by atoms with van der Waals surface area (Å²) in [7, 11) is 0. The summed E-state index contributed by atoms with van der Waals surface area (Å²) < 4.78 is 60.2. The first-order valence-electron chi connectivity index (χ1n) is 13.4. The zero-order valence-electron chi connectivity index (χ0n) is 22.0. The molecule has 5 rings (SSSR count). The van der Waals surface area contributed by atoms with Crippen LogP contribution in [0.2, 0.25) is 0 Å². The van der Waals surface area contributed by atoms with E-state index >= 15 is 0 Å². The fraction of sp³-hybridized carbons (Fsp3) is 0.517. The summed E-state index contributed by atoms with van der Waals surface area (Å²) in [6.07, 6.45) is -0.674. The summed E-state index contributed by atoms with van der Waals surface area (Å²) in [4.78, 5) is 27.7. The molecule has 0 bridgehead atoms. The molecule has 1 aliphatic carbocycles. The highest BCUT2D eigenvalue weighted by Gasteiger charge is 2.49. The van der Waals surface area contributed by atoms with Crippen LogP contribution in [0.25, 0.3) is 0 Å². The van der Waals surface area contributed by atoms with Gasteiger partial charge in [0, 0.05) is 37.2 Å². The van der Waals surface area contributed by atoms with Crippen LogP contribution in [0.4, 0.5) is 22.4 Å². The van der Waals surface area contributed by atoms with Crippen LogP contribution in [0.15, 0.2) is 42.5 Å². The molecule has 2 aromatic rings. The minimum Gasteiger partial charge on any atom is -0.490 e. The molecule has 1 atom stereocenters. The van der Waals surface area contributed by atoms with Gasteiger partial charge in [0.1, 0.15) is 11.6 Å². The second-order valence-corrected chi connectivity index (χ2v) is 11.4. The molecule has 0 unspecified atom stereocenters. The van der Waals surface area contributed by atoms with Crippen molar-refractivity contribution in [3.05, 3.63) is 65.0 Å². The Bertz CT molecular complexity index is 1250. The number of hydrogen-bond donors (Lipinski definition) is 2. The number of rotatable bonds is 5. The lowest BCUT2D eigenvalue weighted by Crippen LogP contribution is -2.66. The number of ether oxygens (including phenoxy) is 1. The molecule has 0 radical (unpaired) electrons. The van der Waals surface area contributed by atoms with Crippen LogP contribution < -0.4 is 15.4 Å². The van der Waals surface area contributed by atoms with Gasteiger partial charge in [-0.2, -0.15) is 13.2 Å². The molecule has 2 N–H and O–H groups in total. The highest BCUT2D eigenvalue weighted by Crippen LogP contribution is 2.43. The van der Waals surface area contributed by atoms with Crippen molar-refractivity contribution < 1.29 is 31.9 Å². The molecule has 2 aliphatic heterocycles. The summed E-state index contributed by atoms with van der Waals surface area (Å²) in [5.74, 6) is -0.415. The van der Waals surface area contributed by atoms with Crippen LogP contribution in [-0.2, 0) is 16.4 Å². The molecule has 6 nitrogen and oxygen atoms in total. The van der Waals surface area contributed by atoms with Gasteiger partial charge in [-0.1, -0.05) is 24.3 Å². The lowest BCUT2D eigenvalue weighted by molar-refractivity contribution is -0.140. The zero-order chi connectivity index (χ0) is 28.0. The number of carbonyl (C=O) groups is 2. The lowest BCUT2D eigenvalue weighted by Gasteiger charge is -2.50. The molecule has 2 heterocycles. The molecule has 1 saturated carbocycles. The molecular weight excluding hydrogens is 514 g/mol. The van der Waals surface area contributed by atoms with Crippen LogP contribution in [0.5, 0.6) is 5.75 Å². The van der Waals surface area contributed by atoms with E-state index in [-0.39, 0.29) is 24.0 Å². The zero-order valence-corrected chi connectivity index (χ0v) is 22.0. The Labute approximate surface area is 225 Å². The summed E-state index contributed by atoms with van der Waals surface area (Å²) in [6.45, 7) is 4.23. The first-order valence-corrected chi connectivity index (χ1v) is 13.4. The maximum Gasteiger partial charge on any atom is 0.416 e. The van der Waals surface area contributed by atoms with Gasteiger partial charge >= 0.3 is 12.2 Å². The number of alkyl halides is 3. The van der Waals surface area contributed by atoms with Gasteiger partial charge in [-0.25, -0.2) is 9.18 Å². The van der Waals surface area contributed by atoms with Gasteiger partial charge in [0.15, 0.2) is 0 Å². The second-order valence-electron chi connectivity index (χ2n) is 11.4. The summed E-state index contributed by atoms with van der Waals surface area (Å²) in [6, 6.07) is 9.08. The number of carbonyl (C=O) groups excluding carboxylic acids is 2. The summed E-state index contributed by atoms with van der Waals surface area (Å²) >= 11 is 0. The Morgan fingerprint density at radius 2 is 1.74 bits per heavy atom. The van der Waals surface area contributed by atoms with Crippen LogP contribution in [0.1, 0.15) is 68.6 Å². The molecule has 0 aromatic heterocycles. The van der Waals surface area contributed by atoms with Crippen molar-refractivity contribution in [2.75, 3.05) is 19.6 Å². The van der Waals surface area contributed by atoms with Crippen molar-refractivity contribution in [2.45, 2.75) is 75.1 Å². The fourth-order valence-electron chi connectivity index (χ4n) is 5.91. The van der Waals surface area contributed by atoms with Gasteiger partial charge in [-0.15, -0.1) is 0 Å². The number of nitrogens with one attached hydrogen (secondary N) is 2. The monoisotopic (exact) mass is 547 g/mol. The van der Waals surface area contributed by atoms with E-state index in [0.29, 0.717) is 43.8 Å². The maximum absolute atomic E-state index is 14.2. The average Bonchev–Trinajstić information content (AvgIpc) is 2.86. The minimum absolute atomic E-state index is 0.0465. The number of hydrogen-bond acceptors (Lipinski definition) is 3. The van der Waals surface area contributed by atoms with Crippen molar-refractivity contribution in [3.8, 4) is 5.75 Å². The SMILES string of the molecule is CC(C)(C(=O)N1CCC2(CC1)NC(=O)NC[C@@H]2c1ccc(F)cc1OC1CCC1)c1cccc(C(F)(F)F)c1. The van der Waals surface area contributed by atoms with Crippen molar-refractivity contribution >= 4 is 11.9 Å². The fourth-order valence-corrected chi connectivity index (χ4v) is 5.91. The van der Waals surface area contributed by atoms with E-state index in [1.807, 2.05) is 0 Å². The highest BCUT2D eigenvalue weighted by atomic mass is 19.4. The lowest BCUT2D eigenvalue weighted by atomic mass is 9.71. The molecule has 3 amide bonds. The van der Waals surface area contributed by atoms with Crippen molar-refractivity contribution in [1.82, 2.24) is 15.5 Å². The second kappa shape index (κ2) is 10.0. The topological polar surface area (TPSA) is 70.7 Å². The first-order chi connectivity index (χ1) is 18.4. The minimum atomic E-state index is -4.50. The third kappa shape index (κ3) is 5.30. The number of likely N-dealkylation sites (tertiary alicyclic amines) is 1. The van der Waals surface area contributed by atoms with Crippen LogP contribution in [-0.4, -0.2) is 48.1 Å². The van der Waals surface area contributed by atoms with Crippen molar-refractivity contribution in [1.29, 1.82) is 0 Å². The standard InChI is InChI=1S/C29H33F4N3O3/c1-27(2,18-5-3-6-19(15-18)29(31,32)33)25(37)36-13-11-28(12-14-36)23(17-34-26(38)35-28)22-10-9-20(30)16-24(22)39-21-7-4-8-21/h3,5-6,9-10,15-16,21,23H,4,7-8,11-14,17H2,1-2H3,(H2,34,35,38)/t23-/m1/s1. The predicted molar refractivity (Wildman–Crippen MR) is 137 cm³/mol. The maximum atomic E-state index is 14.2. The Hall–Kier alpha value is -3.30. The third-order valence-electron chi connectivity index (χ3n) is 8.58. The number of amides is 3. The Morgan fingerprint density at radius 1 is 1.05 bits per heavy atom. The normalized spacial score (nSPS) is 21.6. The number of halogens is 4. The molecule has 2 saturated heterocycles. The summed E-state index contributed by atoms with van der Waals surface area (Å²) in [5.41, 5.74) is -1.56. The van der Waals surface area contributed by atoms with E-state index in [9.17, 15) is 27.2 Å². The third-order valence-corrected chi connectivity index (χ3v) is 8.58. The van der Waals surface area contributed by atoms with Gasteiger partial charge in [0.2, 0.25) is 5.91 Å². The van der Waals surface area contributed by atoms with Crippen molar-refractivity contribution in [2.24, 2.45) is 0 Å². The van der Waals surface area contributed by atoms with E-state index in [1.165, 1.54) is 18.2 Å². The molecule has 2 aromatic carbocycles. The van der Waals surface area contributed by atoms with Crippen LogP contribution in [0.3, 0.4) is 0 Å². The van der Waals surface area contributed by atoms with E-state index in [2.05, 4.69) is 10.6 Å². The predicted octanol–water partition coefficient (Wildman–Crippen LogP) is 5.51. The molecular formula is C29H33F4N3O3. The number of piperidine rings is 1. The molecule has 3 fully saturated rings. The number of urea groups is 1. The van der Waals surface area contributed by atoms with Gasteiger partial charge in [-0.05, 0) is 63.6 Å². The van der Waals surface area contributed by atoms with Crippen LogP contribution >= 0.6 is 0 Å². The molecule has 1 spiro atoms. The van der Waals surface area contributed by atoms with E-state index in [4.69, 9.17) is 4.74 Å². The van der Waals surface area contributed by atoms with Gasteiger partial charge in [-0.3, -0.25) is 4.79 Å². The van der Waals surface area contributed by atoms with Gasteiger partial charge in [0.05, 0.1) is 22.6 Å². The highest BCUT2D eigenvalue weighted by molar-refractivity contribution is 5.87. The first kappa shape index (κ1) is 27.3. The Morgan fingerprint density at radius 3 is 2.38 bits per heavy atom. The molecule has 210 valence electrons.